The number of fused-ring (bicyclic) bond motifs is 2. The van der Waals surface area contributed by atoms with Crippen molar-refractivity contribution in [2.45, 2.75) is 93.4 Å². The first-order chi connectivity index (χ1) is 29.7. The third kappa shape index (κ3) is 13.3. The van der Waals surface area contributed by atoms with Gasteiger partial charge >= 0.3 is 0 Å². The fourth-order valence-corrected chi connectivity index (χ4v) is 8.18. The van der Waals surface area contributed by atoms with Crippen LogP contribution in [0.4, 0.5) is 0 Å². The number of aromatic nitrogens is 3. The average molecular weight is 838 g/mol. The second-order valence-electron chi connectivity index (χ2n) is 18.0. The highest BCUT2D eigenvalue weighted by Gasteiger charge is 2.23. The molecule has 3 heterocycles. The molecule has 4 heteroatoms. The molecule has 0 fully saturated rings. The Morgan fingerprint density at radius 2 is 0.871 bits per heavy atom. The SMILES string of the molecule is CC(C)(C)c1c(-c2ccccc2)[nH]c2ccccc12.CC(C)C.CC(C)c1nc(-c2ccccc2)cs1.Cc1[nH]c2ccccc2c1C(C)C.c1ccc(-c2ccccc2)cc1. The second kappa shape index (κ2) is 22.8. The lowest BCUT2D eigenvalue weighted by Gasteiger charge is -2.20. The highest BCUT2D eigenvalue weighted by Crippen LogP contribution is 2.38. The van der Waals surface area contributed by atoms with Crippen molar-refractivity contribution in [3.05, 3.63) is 197 Å². The first-order valence-corrected chi connectivity index (χ1v) is 23.0. The van der Waals surface area contributed by atoms with Gasteiger partial charge in [0.1, 0.15) is 0 Å². The maximum Gasteiger partial charge on any atom is 0.0958 e. The van der Waals surface area contributed by atoms with Gasteiger partial charge in [0, 0.05) is 44.4 Å². The zero-order chi connectivity index (χ0) is 44.6. The molecule has 0 atom stereocenters. The monoisotopic (exact) mass is 838 g/mol. The van der Waals surface area contributed by atoms with E-state index in [1.807, 2.05) is 30.3 Å². The van der Waals surface area contributed by atoms with Crippen LogP contribution in [0.2, 0.25) is 0 Å². The maximum atomic E-state index is 4.60. The fourth-order valence-electron chi connectivity index (χ4n) is 7.34. The predicted octanol–water partition coefficient (Wildman–Crippen LogP) is 17.7. The number of para-hydroxylation sites is 2. The zero-order valence-corrected chi connectivity index (χ0v) is 39.6. The number of nitrogens with zero attached hydrogens (tertiary/aromatic N) is 1. The normalized spacial score (nSPS) is 10.9. The highest BCUT2D eigenvalue weighted by molar-refractivity contribution is 7.10. The van der Waals surface area contributed by atoms with Crippen molar-refractivity contribution < 1.29 is 0 Å². The summed E-state index contributed by atoms with van der Waals surface area (Å²) in [6, 6.07) is 58.7. The van der Waals surface area contributed by atoms with E-state index in [0.29, 0.717) is 11.8 Å². The van der Waals surface area contributed by atoms with Crippen LogP contribution in [0.25, 0.3) is 55.4 Å². The summed E-state index contributed by atoms with van der Waals surface area (Å²) in [5.74, 6) is 1.95. The molecule has 3 nitrogen and oxygen atoms in total. The molecule has 0 amide bonds. The maximum absolute atomic E-state index is 4.60. The van der Waals surface area contributed by atoms with Gasteiger partial charge in [-0.1, -0.05) is 227 Å². The molecule has 9 rings (SSSR count). The molecule has 0 radical (unpaired) electrons. The molecular formula is C58H67N3S. The lowest BCUT2D eigenvalue weighted by molar-refractivity contribution is 0.597. The summed E-state index contributed by atoms with van der Waals surface area (Å²) in [6.45, 7) is 24.3. The smallest absolute Gasteiger partial charge is 0.0958 e. The van der Waals surface area contributed by atoms with E-state index in [1.165, 1.54) is 71.6 Å². The number of aromatic amines is 2. The molecule has 0 unspecified atom stereocenters. The van der Waals surface area contributed by atoms with Gasteiger partial charge in [-0.2, -0.15) is 0 Å². The minimum Gasteiger partial charge on any atom is -0.358 e. The number of H-pyrrole nitrogens is 2. The summed E-state index contributed by atoms with van der Waals surface area (Å²) in [4.78, 5) is 11.6. The fraction of sp³-hybridized carbons (Fsp3) is 0.259. The summed E-state index contributed by atoms with van der Waals surface area (Å²) >= 11 is 1.74. The van der Waals surface area contributed by atoms with Crippen LogP contribution < -0.4 is 0 Å². The standard InChI is InChI=1S/C18H19N.C12H13NS.C12H15N.C12H10.C4H10/c1-18(2,3)16-14-11-7-8-12-15(14)19-17(16)13-9-5-4-6-10-13;1-9(2)12-13-11(8-14-12)10-6-4-3-5-7-10;1-8(2)12-9(3)13-11-7-5-4-6-10(11)12;1-3-7-11(8-4-1)12-9-5-2-6-10-12;1-4(2)3/h4-12,19H,1-3H3;3-9H,1-2H3;4-8,13H,1-3H3;1-10H;4H,1-3H3. The van der Waals surface area contributed by atoms with Crippen molar-refractivity contribution in [1.29, 1.82) is 0 Å². The van der Waals surface area contributed by atoms with Crippen LogP contribution in [0, 0.1) is 12.8 Å². The molecule has 0 saturated carbocycles. The number of rotatable bonds is 5. The van der Waals surface area contributed by atoms with Crippen LogP contribution in [0.5, 0.6) is 0 Å². The van der Waals surface area contributed by atoms with Gasteiger partial charge in [0.05, 0.1) is 16.4 Å². The summed E-state index contributed by atoms with van der Waals surface area (Å²) in [7, 11) is 0. The highest BCUT2D eigenvalue weighted by atomic mass is 32.1. The van der Waals surface area contributed by atoms with E-state index in [0.717, 1.165) is 11.6 Å². The van der Waals surface area contributed by atoms with Crippen LogP contribution >= 0.6 is 11.3 Å². The van der Waals surface area contributed by atoms with Gasteiger partial charge in [-0.25, -0.2) is 4.98 Å². The molecule has 0 bridgehead atoms. The molecule has 3 aromatic heterocycles. The number of thiazole rings is 1. The Labute approximate surface area is 376 Å². The Hall–Kier alpha value is -5.97. The van der Waals surface area contributed by atoms with Crippen LogP contribution in [-0.4, -0.2) is 15.0 Å². The van der Waals surface area contributed by atoms with Gasteiger partial charge in [0.25, 0.3) is 0 Å². The lowest BCUT2D eigenvalue weighted by atomic mass is 9.83. The van der Waals surface area contributed by atoms with Crippen LogP contribution in [0.15, 0.2) is 175 Å². The summed E-state index contributed by atoms with van der Waals surface area (Å²) in [6.07, 6.45) is 0. The molecule has 0 spiro atoms. The van der Waals surface area contributed by atoms with Crippen LogP contribution in [0.3, 0.4) is 0 Å². The molecule has 0 aliphatic heterocycles. The number of hydrogen-bond acceptors (Lipinski definition) is 2. The summed E-state index contributed by atoms with van der Waals surface area (Å²) < 4.78 is 0. The topological polar surface area (TPSA) is 44.5 Å². The molecule has 62 heavy (non-hydrogen) atoms. The van der Waals surface area contributed by atoms with Crippen molar-refractivity contribution in [3.63, 3.8) is 0 Å². The van der Waals surface area contributed by atoms with Gasteiger partial charge in [0.15, 0.2) is 0 Å². The Morgan fingerprint density at radius 3 is 1.31 bits per heavy atom. The van der Waals surface area contributed by atoms with Crippen molar-refractivity contribution in [3.8, 4) is 33.6 Å². The van der Waals surface area contributed by atoms with Crippen molar-refractivity contribution in [1.82, 2.24) is 15.0 Å². The molecule has 9 aromatic rings. The van der Waals surface area contributed by atoms with Crippen molar-refractivity contribution in [2.24, 2.45) is 5.92 Å². The van der Waals surface area contributed by atoms with E-state index < -0.39 is 0 Å². The van der Waals surface area contributed by atoms with E-state index in [4.69, 9.17) is 0 Å². The average Bonchev–Trinajstić information content (AvgIpc) is 4.01. The molecule has 320 valence electrons. The molecule has 0 saturated heterocycles. The summed E-state index contributed by atoms with van der Waals surface area (Å²) in [5.41, 5.74) is 14.1. The quantitative estimate of drug-likeness (QED) is 0.178. The Kier molecular flexibility index (Phi) is 17.3. The molecule has 2 N–H and O–H groups in total. The first kappa shape index (κ1) is 47.1. The van der Waals surface area contributed by atoms with Gasteiger partial charge in [0.2, 0.25) is 0 Å². The number of benzene rings is 6. The predicted molar refractivity (Wildman–Crippen MR) is 274 cm³/mol. The van der Waals surface area contributed by atoms with E-state index in [2.05, 4.69) is 236 Å². The largest absolute Gasteiger partial charge is 0.358 e. The van der Waals surface area contributed by atoms with E-state index in [9.17, 15) is 0 Å². The summed E-state index contributed by atoms with van der Waals surface area (Å²) in [5, 5.41) is 6.04. The lowest BCUT2D eigenvalue weighted by Crippen LogP contribution is -2.11. The van der Waals surface area contributed by atoms with Gasteiger partial charge in [-0.05, 0) is 64.1 Å². The number of aryl methyl sites for hydroxylation is 1. The van der Waals surface area contributed by atoms with Gasteiger partial charge < -0.3 is 9.97 Å². The van der Waals surface area contributed by atoms with Gasteiger partial charge in [-0.3, -0.25) is 0 Å². The third-order valence-corrected chi connectivity index (χ3v) is 11.2. The third-order valence-electron chi connectivity index (χ3n) is 10.0. The first-order valence-electron chi connectivity index (χ1n) is 22.1. The molecular weight excluding hydrogens is 771 g/mol. The van der Waals surface area contributed by atoms with E-state index in [-0.39, 0.29) is 5.41 Å². The molecule has 6 aromatic carbocycles. The zero-order valence-electron chi connectivity index (χ0n) is 38.8. The molecule has 0 aliphatic carbocycles. The molecule has 0 aliphatic rings. The Bertz CT molecular complexity index is 2600. The Balaban J connectivity index is 0.000000154. The van der Waals surface area contributed by atoms with Crippen molar-refractivity contribution >= 4 is 33.1 Å². The van der Waals surface area contributed by atoms with E-state index in [1.54, 1.807) is 11.3 Å². The minimum absolute atomic E-state index is 0.116. The Morgan fingerprint density at radius 1 is 0.468 bits per heavy atom. The minimum atomic E-state index is 0.116. The number of nitrogens with one attached hydrogen (secondary N) is 2. The van der Waals surface area contributed by atoms with Crippen LogP contribution in [0.1, 0.15) is 103 Å². The van der Waals surface area contributed by atoms with E-state index >= 15 is 0 Å². The van der Waals surface area contributed by atoms with Gasteiger partial charge in [-0.15, -0.1) is 11.3 Å². The number of hydrogen-bond donors (Lipinski definition) is 2. The van der Waals surface area contributed by atoms with Crippen LogP contribution in [-0.2, 0) is 5.41 Å². The van der Waals surface area contributed by atoms with Crippen molar-refractivity contribution in [2.75, 3.05) is 0 Å². The second-order valence-corrected chi connectivity index (χ2v) is 18.8.